The monoisotopic (exact) mass is 254 g/mol. The lowest BCUT2D eigenvalue weighted by atomic mass is 9.87. The molecule has 1 aliphatic carbocycles. The fourth-order valence-corrected chi connectivity index (χ4v) is 2.56. The Bertz CT molecular complexity index is 506. The van der Waals surface area contributed by atoms with Gasteiger partial charge in [0.15, 0.2) is 17.3 Å². The summed E-state index contributed by atoms with van der Waals surface area (Å²) in [5.74, 6) is -2.04. The molecule has 98 valence electrons. The van der Waals surface area contributed by atoms with E-state index in [1.807, 2.05) is 0 Å². The van der Waals surface area contributed by atoms with E-state index in [-0.39, 0.29) is 17.9 Å². The number of phenols is 1. The second kappa shape index (κ2) is 4.15. The highest BCUT2D eigenvalue weighted by Crippen LogP contribution is 2.56. The molecule has 0 amide bonds. The number of carboxylic acid groups (broad SMARTS) is 1. The van der Waals surface area contributed by atoms with Gasteiger partial charge in [0.05, 0.1) is 13.5 Å². The number of carboxylic acids is 1. The molecule has 0 atom stereocenters. The van der Waals surface area contributed by atoms with Gasteiger partial charge in [-0.15, -0.1) is 0 Å². The van der Waals surface area contributed by atoms with Crippen molar-refractivity contribution < 1.29 is 24.1 Å². The number of methoxy groups -OCH3 is 1. The summed E-state index contributed by atoms with van der Waals surface area (Å²) < 4.78 is 18.4. The van der Waals surface area contributed by atoms with E-state index >= 15 is 0 Å². The van der Waals surface area contributed by atoms with Crippen molar-refractivity contribution >= 4 is 5.97 Å². The molecular weight excluding hydrogens is 239 g/mol. The molecule has 1 saturated carbocycles. The maximum absolute atomic E-state index is 13.6. The molecule has 0 bridgehead atoms. The number of aryl methyl sites for hydroxylation is 1. The molecule has 2 N–H and O–H groups in total. The molecule has 0 radical (unpaired) electrons. The first-order chi connectivity index (χ1) is 8.41. The SMILES string of the molecule is COc1c(F)cc(C)c(C2(CC(=O)O)CC2)c1O. The molecule has 1 aromatic carbocycles. The summed E-state index contributed by atoms with van der Waals surface area (Å²) in [6.07, 6.45) is 1.31. The molecule has 0 spiro atoms. The van der Waals surface area contributed by atoms with Crippen LogP contribution in [0.5, 0.6) is 11.5 Å². The van der Waals surface area contributed by atoms with Gasteiger partial charge in [0.2, 0.25) is 0 Å². The van der Waals surface area contributed by atoms with Crippen LogP contribution in [0.25, 0.3) is 0 Å². The van der Waals surface area contributed by atoms with E-state index < -0.39 is 17.2 Å². The van der Waals surface area contributed by atoms with Crippen molar-refractivity contribution in [3.05, 3.63) is 23.0 Å². The molecule has 5 heteroatoms. The van der Waals surface area contributed by atoms with Crippen molar-refractivity contribution in [2.75, 3.05) is 7.11 Å². The lowest BCUT2D eigenvalue weighted by molar-refractivity contribution is -0.137. The Labute approximate surface area is 104 Å². The molecular formula is C13H15FO4. The number of aromatic hydroxyl groups is 1. The van der Waals surface area contributed by atoms with Gasteiger partial charge < -0.3 is 14.9 Å². The fraction of sp³-hybridized carbons (Fsp3) is 0.462. The highest BCUT2D eigenvalue weighted by atomic mass is 19.1. The van der Waals surface area contributed by atoms with Crippen LogP contribution in [-0.2, 0) is 10.2 Å². The van der Waals surface area contributed by atoms with Gasteiger partial charge in [-0.25, -0.2) is 4.39 Å². The minimum Gasteiger partial charge on any atom is -0.504 e. The largest absolute Gasteiger partial charge is 0.504 e. The van der Waals surface area contributed by atoms with Crippen LogP contribution in [0.15, 0.2) is 6.07 Å². The molecule has 0 aliphatic heterocycles. The maximum Gasteiger partial charge on any atom is 0.304 e. The van der Waals surface area contributed by atoms with E-state index in [0.29, 0.717) is 24.0 Å². The zero-order valence-electron chi connectivity index (χ0n) is 10.3. The minimum atomic E-state index is -0.922. The van der Waals surface area contributed by atoms with Crippen LogP contribution >= 0.6 is 0 Å². The van der Waals surface area contributed by atoms with E-state index in [2.05, 4.69) is 0 Å². The van der Waals surface area contributed by atoms with E-state index in [0.717, 1.165) is 0 Å². The zero-order chi connectivity index (χ0) is 13.5. The normalized spacial score (nSPS) is 16.4. The molecule has 2 rings (SSSR count). The van der Waals surface area contributed by atoms with E-state index in [1.165, 1.54) is 13.2 Å². The summed E-state index contributed by atoms with van der Waals surface area (Å²) in [6, 6.07) is 1.27. The van der Waals surface area contributed by atoms with E-state index in [1.54, 1.807) is 6.92 Å². The number of hydrogen-bond acceptors (Lipinski definition) is 3. The maximum atomic E-state index is 13.6. The summed E-state index contributed by atoms with van der Waals surface area (Å²) in [5.41, 5.74) is 0.494. The van der Waals surface area contributed by atoms with Crippen molar-refractivity contribution in [1.82, 2.24) is 0 Å². The number of carbonyl (C=O) groups is 1. The van der Waals surface area contributed by atoms with Crippen LogP contribution in [0.3, 0.4) is 0 Å². The number of aliphatic carboxylic acids is 1. The van der Waals surface area contributed by atoms with Crippen LogP contribution in [0.1, 0.15) is 30.4 Å². The number of hydrogen-bond donors (Lipinski definition) is 2. The third-order valence-corrected chi connectivity index (χ3v) is 3.48. The summed E-state index contributed by atoms with van der Waals surface area (Å²) in [4.78, 5) is 10.9. The average Bonchev–Trinajstić information content (AvgIpc) is 2.96. The molecule has 0 aromatic heterocycles. The van der Waals surface area contributed by atoms with Gasteiger partial charge in [-0.3, -0.25) is 4.79 Å². The van der Waals surface area contributed by atoms with Crippen LogP contribution in [-0.4, -0.2) is 23.3 Å². The van der Waals surface area contributed by atoms with Gasteiger partial charge in [0, 0.05) is 11.0 Å². The highest BCUT2D eigenvalue weighted by molar-refractivity contribution is 5.71. The van der Waals surface area contributed by atoms with Gasteiger partial charge >= 0.3 is 5.97 Å². The topological polar surface area (TPSA) is 66.8 Å². The molecule has 0 unspecified atom stereocenters. The Kier molecular flexibility index (Phi) is 2.92. The summed E-state index contributed by atoms with van der Waals surface area (Å²) >= 11 is 0. The summed E-state index contributed by atoms with van der Waals surface area (Å²) in [6.45, 7) is 1.67. The number of rotatable bonds is 4. The Hall–Kier alpha value is -1.78. The predicted molar refractivity (Wildman–Crippen MR) is 62.5 cm³/mol. The molecule has 4 nitrogen and oxygen atoms in total. The first-order valence-corrected chi connectivity index (χ1v) is 5.69. The van der Waals surface area contributed by atoms with Gasteiger partial charge in [-0.05, 0) is 31.4 Å². The van der Waals surface area contributed by atoms with Crippen molar-refractivity contribution in [2.24, 2.45) is 0 Å². The van der Waals surface area contributed by atoms with E-state index in [9.17, 15) is 14.3 Å². The van der Waals surface area contributed by atoms with Crippen molar-refractivity contribution in [3.63, 3.8) is 0 Å². The number of benzene rings is 1. The van der Waals surface area contributed by atoms with Gasteiger partial charge in [-0.1, -0.05) is 0 Å². The number of halogens is 1. The van der Waals surface area contributed by atoms with Gasteiger partial charge in [-0.2, -0.15) is 0 Å². The third-order valence-electron chi connectivity index (χ3n) is 3.48. The smallest absolute Gasteiger partial charge is 0.304 e. The zero-order valence-corrected chi connectivity index (χ0v) is 10.3. The molecule has 1 aliphatic rings. The summed E-state index contributed by atoms with van der Waals surface area (Å²) in [5, 5.41) is 19.0. The molecule has 18 heavy (non-hydrogen) atoms. The lowest BCUT2D eigenvalue weighted by Gasteiger charge is -2.19. The fourth-order valence-electron chi connectivity index (χ4n) is 2.56. The van der Waals surface area contributed by atoms with Crippen LogP contribution in [0, 0.1) is 12.7 Å². The Balaban J connectivity index is 2.54. The molecule has 1 aromatic rings. The first-order valence-electron chi connectivity index (χ1n) is 5.69. The third kappa shape index (κ3) is 1.89. The van der Waals surface area contributed by atoms with Gasteiger partial charge in [0.25, 0.3) is 0 Å². The predicted octanol–water partition coefficient (Wildman–Crippen LogP) is 2.35. The van der Waals surface area contributed by atoms with Crippen molar-refractivity contribution in [2.45, 2.75) is 31.6 Å². The van der Waals surface area contributed by atoms with Gasteiger partial charge in [0.1, 0.15) is 0 Å². The van der Waals surface area contributed by atoms with Crippen LogP contribution in [0.2, 0.25) is 0 Å². The Morgan fingerprint density at radius 3 is 2.61 bits per heavy atom. The van der Waals surface area contributed by atoms with Crippen LogP contribution in [0.4, 0.5) is 4.39 Å². The Morgan fingerprint density at radius 2 is 2.17 bits per heavy atom. The molecule has 1 fully saturated rings. The second-order valence-electron chi connectivity index (χ2n) is 4.78. The van der Waals surface area contributed by atoms with E-state index in [4.69, 9.17) is 9.84 Å². The van der Waals surface area contributed by atoms with Crippen LogP contribution < -0.4 is 4.74 Å². The lowest BCUT2D eigenvalue weighted by Crippen LogP contribution is -2.15. The Morgan fingerprint density at radius 1 is 1.56 bits per heavy atom. The van der Waals surface area contributed by atoms with Crippen molar-refractivity contribution in [1.29, 1.82) is 0 Å². The highest BCUT2D eigenvalue weighted by Gasteiger charge is 2.49. The quantitative estimate of drug-likeness (QED) is 0.865. The summed E-state index contributed by atoms with van der Waals surface area (Å²) in [7, 11) is 1.27. The average molecular weight is 254 g/mol. The number of ether oxygens (including phenoxy) is 1. The first kappa shape index (κ1) is 12.7. The molecule has 0 saturated heterocycles. The second-order valence-corrected chi connectivity index (χ2v) is 4.78. The minimum absolute atomic E-state index is 0.0593. The standard InChI is InChI=1S/C13H15FO4/c1-7-5-8(14)12(18-2)11(17)10(7)13(3-4-13)6-9(15)16/h5,17H,3-4,6H2,1-2H3,(H,15,16). The molecule has 0 heterocycles. The van der Waals surface area contributed by atoms with Crippen molar-refractivity contribution in [3.8, 4) is 11.5 Å². The number of phenolic OH excluding ortho intramolecular Hbond substituents is 1.